The number of thiocarbonyl (C=S) groups is 2. The minimum absolute atomic E-state index is 0.0829. The maximum absolute atomic E-state index is 10.4. The normalized spacial score (nSPS) is 20.2. The zero-order chi connectivity index (χ0) is 27.1. The van der Waals surface area contributed by atoms with Gasteiger partial charge in [0.1, 0.15) is 24.9 Å². The largest absolute Gasteiger partial charge is 0.483 e. The van der Waals surface area contributed by atoms with Crippen molar-refractivity contribution in [2.24, 2.45) is 0 Å². The first kappa shape index (κ1) is 34.7. The first-order chi connectivity index (χ1) is 18.0. The molecule has 0 radical (unpaired) electrons. The summed E-state index contributed by atoms with van der Waals surface area (Å²) in [5.41, 5.74) is 0. The van der Waals surface area contributed by atoms with Crippen LogP contribution in [-0.4, -0.2) is 57.9 Å². The number of hydrogen-bond acceptors (Lipinski definition) is 7. The highest BCUT2D eigenvalue weighted by molar-refractivity contribution is 7.80. The van der Waals surface area contributed by atoms with E-state index in [9.17, 15) is 10.2 Å². The second kappa shape index (κ2) is 23.5. The summed E-state index contributed by atoms with van der Waals surface area (Å²) in [6.45, 7) is 4.75. The quantitative estimate of drug-likeness (QED) is 0.0915. The molecule has 1 fully saturated rings. The van der Waals surface area contributed by atoms with Gasteiger partial charge in [-0.1, -0.05) is 117 Å². The van der Waals surface area contributed by atoms with Gasteiger partial charge in [-0.2, -0.15) is 0 Å². The monoisotopic (exact) mass is 560 g/mol. The second-order valence-corrected chi connectivity index (χ2v) is 11.6. The van der Waals surface area contributed by atoms with E-state index < -0.39 is 24.4 Å². The summed E-state index contributed by atoms with van der Waals surface area (Å²) in [7, 11) is 0. The van der Waals surface area contributed by atoms with Crippen molar-refractivity contribution in [1.29, 1.82) is 0 Å². The van der Waals surface area contributed by atoms with Gasteiger partial charge in [0.05, 0.1) is 6.61 Å². The third kappa shape index (κ3) is 17.8. The van der Waals surface area contributed by atoms with Gasteiger partial charge < -0.3 is 24.4 Å². The number of rotatable bonds is 24. The fourth-order valence-corrected chi connectivity index (χ4v) is 5.26. The Kier molecular flexibility index (Phi) is 22.1. The predicted molar refractivity (Wildman–Crippen MR) is 161 cm³/mol. The van der Waals surface area contributed by atoms with Crippen molar-refractivity contribution in [3.63, 3.8) is 0 Å². The molecule has 5 nitrogen and oxygen atoms in total. The molecule has 0 aliphatic carbocycles. The Morgan fingerprint density at radius 2 is 1.14 bits per heavy atom. The third-order valence-electron chi connectivity index (χ3n) is 7.22. The first-order valence-corrected chi connectivity index (χ1v) is 16.1. The number of ether oxygens (including phenoxy) is 3. The second-order valence-electron chi connectivity index (χ2n) is 10.7. The van der Waals surface area contributed by atoms with Crippen LogP contribution in [0.5, 0.6) is 0 Å². The van der Waals surface area contributed by atoms with E-state index in [1.807, 2.05) is 0 Å². The van der Waals surface area contributed by atoms with Gasteiger partial charge in [-0.05, 0) is 37.3 Å². The maximum Gasteiger partial charge on any atom is 0.162 e. The van der Waals surface area contributed by atoms with Gasteiger partial charge in [0, 0.05) is 12.8 Å². The predicted octanol–water partition coefficient (Wildman–Crippen LogP) is 8.01. The minimum Gasteiger partial charge on any atom is -0.483 e. The van der Waals surface area contributed by atoms with Crippen molar-refractivity contribution in [2.45, 2.75) is 167 Å². The summed E-state index contributed by atoms with van der Waals surface area (Å²) in [6, 6.07) is 0. The van der Waals surface area contributed by atoms with E-state index in [0.29, 0.717) is 16.5 Å². The topological polar surface area (TPSA) is 68.2 Å². The van der Waals surface area contributed by atoms with Crippen LogP contribution in [-0.2, 0) is 14.2 Å². The van der Waals surface area contributed by atoms with Gasteiger partial charge >= 0.3 is 0 Å². The molecule has 218 valence electrons. The van der Waals surface area contributed by atoms with Crippen LogP contribution >= 0.6 is 24.4 Å². The molecular formula is C30H56O5S2. The number of unbranched alkanes of at least 4 members (excludes halogenated alkanes) is 16. The highest BCUT2D eigenvalue weighted by Crippen LogP contribution is 2.22. The average molecular weight is 561 g/mol. The standard InChI is InChI=1S/C30H56O5S2/c1-3-5-7-9-11-13-15-17-19-21-27(36)33-24-26(30-29(32)25(31)23-34-30)35-28(37)22-20-18-16-14-12-10-8-6-4-2/h25-26,29-32H,3-24H2,1-2H3/t25-,26+,29+,30+/m1/s1. The smallest absolute Gasteiger partial charge is 0.162 e. The van der Waals surface area contributed by atoms with Crippen LogP contribution < -0.4 is 0 Å². The number of aliphatic hydroxyl groups excluding tert-OH is 2. The molecular weight excluding hydrogens is 504 g/mol. The lowest BCUT2D eigenvalue weighted by molar-refractivity contribution is -0.0600. The molecule has 0 aromatic heterocycles. The van der Waals surface area contributed by atoms with Crippen LogP contribution in [0.15, 0.2) is 0 Å². The highest BCUT2D eigenvalue weighted by atomic mass is 32.1. The molecule has 0 aromatic carbocycles. The molecule has 2 N–H and O–H groups in total. The molecule has 0 saturated carbocycles. The molecule has 0 aromatic rings. The highest BCUT2D eigenvalue weighted by Gasteiger charge is 2.41. The molecule has 0 bridgehead atoms. The van der Waals surface area contributed by atoms with Crippen LogP contribution in [0.25, 0.3) is 0 Å². The van der Waals surface area contributed by atoms with Gasteiger partial charge in [0.2, 0.25) is 0 Å². The Bertz CT molecular complexity index is 574. The van der Waals surface area contributed by atoms with E-state index in [1.54, 1.807) is 0 Å². The molecule has 1 aliphatic heterocycles. The molecule has 1 saturated heterocycles. The molecule has 0 amide bonds. The molecule has 1 heterocycles. The summed E-state index contributed by atoms with van der Waals surface area (Å²) in [5.74, 6) is 0. The van der Waals surface area contributed by atoms with Crippen molar-refractivity contribution in [2.75, 3.05) is 13.2 Å². The number of hydrogen-bond donors (Lipinski definition) is 2. The summed E-state index contributed by atoms with van der Waals surface area (Å²) in [4.78, 5) is 0. The Balaban J connectivity index is 2.27. The minimum atomic E-state index is -1.02. The molecule has 0 spiro atoms. The van der Waals surface area contributed by atoms with E-state index in [-0.39, 0.29) is 13.2 Å². The van der Waals surface area contributed by atoms with Gasteiger partial charge in [-0.25, -0.2) is 0 Å². The van der Waals surface area contributed by atoms with Gasteiger partial charge in [-0.3, -0.25) is 0 Å². The molecule has 7 heteroatoms. The van der Waals surface area contributed by atoms with Gasteiger partial charge in [-0.15, -0.1) is 0 Å². The fraction of sp³-hybridized carbons (Fsp3) is 0.933. The summed E-state index contributed by atoms with van der Waals surface area (Å²) < 4.78 is 17.5. The van der Waals surface area contributed by atoms with Crippen LogP contribution in [0.3, 0.4) is 0 Å². The average Bonchev–Trinajstić information content (AvgIpc) is 3.22. The summed E-state index contributed by atoms with van der Waals surface area (Å²) in [5, 5.41) is 21.4. The Hall–Kier alpha value is -0.340. The zero-order valence-electron chi connectivity index (χ0n) is 23.8. The van der Waals surface area contributed by atoms with Crippen LogP contribution in [0.2, 0.25) is 0 Å². The third-order valence-corrected chi connectivity index (χ3v) is 7.84. The fourth-order valence-electron chi connectivity index (χ4n) is 4.78. The van der Waals surface area contributed by atoms with Gasteiger partial charge in [0.15, 0.2) is 16.2 Å². The van der Waals surface area contributed by atoms with Gasteiger partial charge in [0.25, 0.3) is 0 Å². The van der Waals surface area contributed by atoms with E-state index in [4.69, 9.17) is 38.6 Å². The van der Waals surface area contributed by atoms with Crippen LogP contribution in [0.1, 0.15) is 142 Å². The molecule has 0 unspecified atom stereocenters. The zero-order valence-corrected chi connectivity index (χ0v) is 25.4. The molecule has 37 heavy (non-hydrogen) atoms. The molecule has 4 atom stereocenters. The Morgan fingerprint density at radius 3 is 1.57 bits per heavy atom. The van der Waals surface area contributed by atoms with Crippen molar-refractivity contribution >= 4 is 34.5 Å². The van der Waals surface area contributed by atoms with E-state index in [0.717, 1.165) is 32.1 Å². The van der Waals surface area contributed by atoms with Crippen molar-refractivity contribution in [3.8, 4) is 0 Å². The first-order valence-electron chi connectivity index (χ1n) is 15.3. The van der Waals surface area contributed by atoms with Crippen molar-refractivity contribution < 1.29 is 24.4 Å². The van der Waals surface area contributed by atoms with E-state index in [2.05, 4.69) is 13.8 Å². The van der Waals surface area contributed by atoms with E-state index in [1.165, 1.54) is 89.9 Å². The van der Waals surface area contributed by atoms with E-state index >= 15 is 0 Å². The molecule has 1 aliphatic rings. The lowest BCUT2D eigenvalue weighted by Crippen LogP contribution is -2.43. The molecule has 1 rings (SSSR count). The lowest BCUT2D eigenvalue weighted by atomic mass is 10.1. The SMILES string of the molecule is CCCCCCCCCCCC(=S)OC[C@H](OC(=S)CCCCCCCCCCC)[C@@H]1OC[C@@H](O)[C@@H]1O. The van der Waals surface area contributed by atoms with Crippen LogP contribution in [0, 0.1) is 0 Å². The Morgan fingerprint density at radius 1 is 0.703 bits per heavy atom. The number of aliphatic hydroxyl groups is 2. The summed E-state index contributed by atoms with van der Waals surface area (Å²) >= 11 is 10.9. The van der Waals surface area contributed by atoms with Crippen molar-refractivity contribution in [3.05, 3.63) is 0 Å². The maximum atomic E-state index is 10.4. The van der Waals surface area contributed by atoms with Crippen molar-refractivity contribution in [1.82, 2.24) is 0 Å². The van der Waals surface area contributed by atoms with Crippen LogP contribution in [0.4, 0.5) is 0 Å². The Labute approximate surface area is 238 Å². The summed E-state index contributed by atoms with van der Waals surface area (Å²) in [6.07, 6.45) is 20.9. The lowest BCUT2D eigenvalue weighted by Gasteiger charge is -2.27.